The van der Waals surface area contributed by atoms with E-state index < -0.39 is 0 Å². The van der Waals surface area contributed by atoms with Crippen molar-refractivity contribution >= 4 is 0 Å². The van der Waals surface area contributed by atoms with Crippen molar-refractivity contribution in [2.45, 2.75) is 19.8 Å². The van der Waals surface area contributed by atoms with Crippen molar-refractivity contribution in [2.75, 3.05) is 6.54 Å². The molecule has 13 heavy (non-hydrogen) atoms. The molecule has 0 aromatic carbocycles. The third-order valence-electron chi connectivity index (χ3n) is 1.57. The van der Waals surface area contributed by atoms with Gasteiger partial charge in [0.25, 0.3) is 0 Å². The lowest BCUT2D eigenvalue weighted by Crippen LogP contribution is -2.11. The predicted octanol–water partition coefficient (Wildman–Crippen LogP) is 3.19. The van der Waals surface area contributed by atoms with Gasteiger partial charge in [-0.15, -0.1) is 0 Å². The second-order valence-electron chi connectivity index (χ2n) is 2.76. The zero-order valence-corrected chi connectivity index (χ0v) is 8.42. The molecule has 0 radical (unpaired) electrons. The number of nitrogens with one attached hydrogen (secondary N) is 1. The zero-order chi connectivity index (χ0) is 9.94. The van der Waals surface area contributed by atoms with Crippen LogP contribution >= 0.6 is 0 Å². The van der Waals surface area contributed by atoms with Crippen molar-refractivity contribution in [1.29, 1.82) is 0 Å². The molecule has 0 bridgehead atoms. The first kappa shape index (κ1) is 11.8. The van der Waals surface area contributed by atoms with E-state index in [4.69, 9.17) is 0 Å². The maximum Gasteiger partial charge on any atom is 0.0267 e. The molecular weight excluding hydrogens is 158 g/mol. The monoisotopic (exact) mass is 177 g/mol. The summed E-state index contributed by atoms with van der Waals surface area (Å²) in [4.78, 5) is 0. The zero-order valence-electron chi connectivity index (χ0n) is 8.42. The fraction of sp³-hybridized carbons (Fsp3) is 0.333. The molecule has 0 rings (SSSR count). The van der Waals surface area contributed by atoms with Crippen LogP contribution in [0.1, 0.15) is 19.8 Å². The highest BCUT2D eigenvalue weighted by Crippen LogP contribution is 1.92. The van der Waals surface area contributed by atoms with Crippen LogP contribution in [0.3, 0.4) is 0 Å². The summed E-state index contributed by atoms with van der Waals surface area (Å²) in [5.74, 6) is 0. The van der Waals surface area contributed by atoms with Crippen LogP contribution in [0, 0.1) is 0 Å². The molecule has 0 aliphatic carbocycles. The van der Waals surface area contributed by atoms with E-state index in [9.17, 15) is 0 Å². The quantitative estimate of drug-likeness (QED) is 0.358. The van der Waals surface area contributed by atoms with Crippen LogP contribution in [0.25, 0.3) is 0 Å². The van der Waals surface area contributed by atoms with Crippen LogP contribution in [0.2, 0.25) is 0 Å². The average molecular weight is 177 g/mol. The van der Waals surface area contributed by atoms with Gasteiger partial charge in [-0.25, -0.2) is 0 Å². The first-order valence-electron chi connectivity index (χ1n) is 4.64. The third-order valence-corrected chi connectivity index (χ3v) is 1.57. The Bertz CT molecular complexity index is 199. The van der Waals surface area contributed by atoms with Gasteiger partial charge in [0.2, 0.25) is 0 Å². The largest absolute Gasteiger partial charge is 0.386 e. The van der Waals surface area contributed by atoms with Gasteiger partial charge in [0, 0.05) is 12.2 Å². The fourth-order valence-electron chi connectivity index (χ4n) is 0.879. The van der Waals surface area contributed by atoms with Crippen LogP contribution in [-0.2, 0) is 0 Å². The highest BCUT2D eigenvalue weighted by atomic mass is 14.9. The molecule has 1 heteroatoms. The number of hydrogen-bond acceptors (Lipinski definition) is 1. The molecular formula is C12H19N. The smallest absolute Gasteiger partial charge is 0.0267 e. The van der Waals surface area contributed by atoms with Crippen molar-refractivity contribution in [3.63, 3.8) is 0 Å². The number of rotatable bonds is 7. The van der Waals surface area contributed by atoms with Crippen molar-refractivity contribution in [3.05, 3.63) is 49.2 Å². The summed E-state index contributed by atoms with van der Waals surface area (Å²) < 4.78 is 0. The van der Waals surface area contributed by atoms with Crippen LogP contribution < -0.4 is 5.32 Å². The summed E-state index contributed by atoms with van der Waals surface area (Å²) in [6.07, 6.45) is 12.1. The topological polar surface area (TPSA) is 12.0 Å². The fourth-order valence-corrected chi connectivity index (χ4v) is 0.879. The van der Waals surface area contributed by atoms with Crippen molar-refractivity contribution in [3.8, 4) is 0 Å². The average Bonchev–Trinajstić information content (AvgIpc) is 2.14. The van der Waals surface area contributed by atoms with Crippen LogP contribution in [0.4, 0.5) is 0 Å². The van der Waals surface area contributed by atoms with E-state index in [0.717, 1.165) is 25.1 Å². The lowest BCUT2D eigenvalue weighted by Gasteiger charge is -2.03. The van der Waals surface area contributed by atoms with Crippen molar-refractivity contribution in [1.82, 2.24) is 5.32 Å². The van der Waals surface area contributed by atoms with E-state index in [1.807, 2.05) is 19.1 Å². The molecule has 0 aromatic rings. The SMILES string of the molecule is C=C/C=C\C(=C)NCCC/C=C\C. The lowest BCUT2D eigenvalue weighted by atomic mass is 10.3. The Morgan fingerprint density at radius 2 is 2.23 bits per heavy atom. The van der Waals surface area contributed by atoms with Crippen LogP contribution in [0.15, 0.2) is 49.2 Å². The predicted molar refractivity (Wildman–Crippen MR) is 60.5 cm³/mol. The lowest BCUT2D eigenvalue weighted by molar-refractivity contribution is 0.747. The Morgan fingerprint density at radius 1 is 1.46 bits per heavy atom. The van der Waals surface area contributed by atoms with E-state index in [0.29, 0.717) is 0 Å². The Kier molecular flexibility index (Phi) is 8.01. The minimum Gasteiger partial charge on any atom is -0.386 e. The normalized spacial score (nSPS) is 10.8. The molecule has 0 unspecified atom stereocenters. The molecule has 1 N–H and O–H groups in total. The molecule has 0 saturated carbocycles. The maximum atomic E-state index is 3.85. The summed E-state index contributed by atoms with van der Waals surface area (Å²) in [5.41, 5.74) is 0.945. The minimum atomic E-state index is 0.945. The molecule has 72 valence electrons. The van der Waals surface area contributed by atoms with Crippen molar-refractivity contribution < 1.29 is 0 Å². The van der Waals surface area contributed by atoms with Gasteiger partial charge in [0.15, 0.2) is 0 Å². The van der Waals surface area contributed by atoms with E-state index >= 15 is 0 Å². The van der Waals surface area contributed by atoms with Crippen LogP contribution in [-0.4, -0.2) is 6.54 Å². The summed E-state index contributed by atoms with van der Waals surface area (Å²) in [7, 11) is 0. The highest BCUT2D eigenvalue weighted by molar-refractivity contribution is 5.16. The van der Waals surface area contributed by atoms with E-state index in [-0.39, 0.29) is 0 Å². The summed E-state index contributed by atoms with van der Waals surface area (Å²) >= 11 is 0. The molecule has 0 spiro atoms. The Balaban J connectivity index is 3.37. The molecule has 1 nitrogen and oxygen atoms in total. The molecule has 0 fully saturated rings. The van der Waals surface area contributed by atoms with Gasteiger partial charge in [-0.1, -0.05) is 37.5 Å². The van der Waals surface area contributed by atoms with E-state index in [1.165, 1.54) is 0 Å². The highest BCUT2D eigenvalue weighted by Gasteiger charge is 1.85. The number of allylic oxidation sites excluding steroid dienone is 5. The number of unbranched alkanes of at least 4 members (excludes halogenated alkanes) is 1. The molecule has 0 atom stereocenters. The Morgan fingerprint density at radius 3 is 2.85 bits per heavy atom. The minimum absolute atomic E-state index is 0.945. The van der Waals surface area contributed by atoms with Gasteiger partial charge in [-0.05, 0) is 25.8 Å². The Labute approximate surface area is 81.5 Å². The summed E-state index contributed by atoms with van der Waals surface area (Å²) in [6.45, 7) is 10.5. The first-order chi connectivity index (χ1) is 6.31. The maximum absolute atomic E-state index is 3.85. The molecule has 0 aliphatic rings. The van der Waals surface area contributed by atoms with Gasteiger partial charge in [0.1, 0.15) is 0 Å². The van der Waals surface area contributed by atoms with Gasteiger partial charge in [-0.2, -0.15) is 0 Å². The van der Waals surface area contributed by atoms with Gasteiger partial charge < -0.3 is 5.32 Å². The summed E-state index contributed by atoms with van der Waals surface area (Å²) in [6, 6.07) is 0. The molecule has 0 aliphatic heterocycles. The van der Waals surface area contributed by atoms with E-state index in [1.54, 1.807) is 6.08 Å². The van der Waals surface area contributed by atoms with E-state index in [2.05, 4.69) is 30.6 Å². The van der Waals surface area contributed by atoms with Gasteiger partial charge in [-0.3, -0.25) is 0 Å². The van der Waals surface area contributed by atoms with Gasteiger partial charge in [0.05, 0.1) is 0 Å². The standard InChI is InChI=1S/C12H19N/c1-4-6-8-9-11-13-12(3)10-7-5-2/h4-7,10,13H,2-3,8-9,11H2,1H3/b6-4-,10-7-. The third kappa shape index (κ3) is 8.67. The molecule has 0 heterocycles. The number of hydrogen-bond donors (Lipinski definition) is 1. The molecule has 0 amide bonds. The van der Waals surface area contributed by atoms with Crippen molar-refractivity contribution in [2.24, 2.45) is 0 Å². The second-order valence-corrected chi connectivity index (χ2v) is 2.76. The molecule has 0 saturated heterocycles. The Hall–Kier alpha value is -1.24. The van der Waals surface area contributed by atoms with Gasteiger partial charge >= 0.3 is 0 Å². The molecule has 0 aromatic heterocycles. The first-order valence-corrected chi connectivity index (χ1v) is 4.64. The van der Waals surface area contributed by atoms with Crippen LogP contribution in [0.5, 0.6) is 0 Å². The summed E-state index contributed by atoms with van der Waals surface area (Å²) in [5, 5.41) is 3.21. The second kappa shape index (κ2) is 8.85.